The number of hydrogen-bond donors (Lipinski definition) is 1. The fourth-order valence-corrected chi connectivity index (χ4v) is 3.63. The van der Waals surface area contributed by atoms with E-state index in [2.05, 4.69) is 23.5 Å². The fourth-order valence-electron chi connectivity index (χ4n) is 3.63. The summed E-state index contributed by atoms with van der Waals surface area (Å²) in [6.45, 7) is 3.82. The van der Waals surface area contributed by atoms with Crippen LogP contribution < -0.4 is 10.1 Å². The molecule has 3 rings (SSSR count). The zero-order valence-electron chi connectivity index (χ0n) is 17.5. The molecule has 1 aliphatic carbocycles. The van der Waals surface area contributed by atoms with E-state index in [1.807, 2.05) is 50.4 Å². The van der Waals surface area contributed by atoms with Crippen LogP contribution in [0.1, 0.15) is 38.7 Å². The second-order valence-electron chi connectivity index (χ2n) is 7.41. The minimum atomic E-state index is -0.488. The van der Waals surface area contributed by atoms with E-state index in [0.717, 1.165) is 29.0 Å². The summed E-state index contributed by atoms with van der Waals surface area (Å²) in [5, 5.41) is 3.06. The zero-order valence-corrected chi connectivity index (χ0v) is 17.5. The summed E-state index contributed by atoms with van der Waals surface area (Å²) in [6.07, 6.45) is 11.9. The number of allylic oxidation sites excluding steroid dienone is 3. The van der Waals surface area contributed by atoms with Crippen molar-refractivity contribution in [2.75, 3.05) is 14.2 Å². The standard InChI is InChI=1S/C24H29NO4/c1-17(29-23(26)22-6-5-15-25-18(22)2)16-19-11-13-24(28-4,14-12-19)20-7-9-21(27-3)10-8-20/h5,7-13,15,17,25H,6,14,16H2,1-4H3. The van der Waals surface area contributed by atoms with Crippen molar-refractivity contribution in [2.45, 2.75) is 44.8 Å². The van der Waals surface area contributed by atoms with Gasteiger partial charge in [0.2, 0.25) is 0 Å². The van der Waals surface area contributed by atoms with Crippen molar-refractivity contribution in [1.29, 1.82) is 0 Å². The second kappa shape index (κ2) is 9.14. The first-order valence-electron chi connectivity index (χ1n) is 9.87. The quantitative estimate of drug-likeness (QED) is 0.688. The van der Waals surface area contributed by atoms with Gasteiger partial charge >= 0.3 is 5.97 Å². The van der Waals surface area contributed by atoms with E-state index in [1.165, 1.54) is 0 Å². The molecule has 0 amide bonds. The number of carbonyl (C=O) groups excluding carboxylic acids is 1. The monoisotopic (exact) mass is 395 g/mol. The Bertz CT molecular complexity index is 863. The highest BCUT2D eigenvalue weighted by Gasteiger charge is 2.30. The first-order valence-corrected chi connectivity index (χ1v) is 9.87. The van der Waals surface area contributed by atoms with Gasteiger partial charge in [0.25, 0.3) is 0 Å². The SMILES string of the molecule is COc1ccc(C2(OC)C=CC(CC(C)OC(=O)C3=C(C)NC=CC3)=CC2)cc1. The Morgan fingerprint density at radius 1 is 1.24 bits per heavy atom. The second-order valence-corrected chi connectivity index (χ2v) is 7.41. The van der Waals surface area contributed by atoms with E-state index in [4.69, 9.17) is 14.2 Å². The number of ether oxygens (including phenoxy) is 3. The summed E-state index contributed by atoms with van der Waals surface area (Å²) in [5.41, 5.74) is 3.26. The van der Waals surface area contributed by atoms with Crippen LogP contribution in [0, 0.1) is 0 Å². The summed E-state index contributed by atoms with van der Waals surface area (Å²) in [7, 11) is 3.38. The summed E-state index contributed by atoms with van der Waals surface area (Å²) in [4.78, 5) is 12.4. The normalized spacial score (nSPS) is 22.0. The van der Waals surface area contributed by atoms with Gasteiger partial charge in [-0.2, -0.15) is 0 Å². The lowest BCUT2D eigenvalue weighted by Crippen LogP contribution is -2.27. The Labute approximate surface area is 172 Å². The Hall–Kier alpha value is -2.79. The maximum absolute atomic E-state index is 12.4. The minimum absolute atomic E-state index is 0.208. The van der Waals surface area contributed by atoms with Crippen LogP contribution in [0.5, 0.6) is 5.75 Å². The maximum Gasteiger partial charge on any atom is 0.336 e. The number of benzene rings is 1. The smallest absolute Gasteiger partial charge is 0.336 e. The summed E-state index contributed by atoms with van der Waals surface area (Å²) < 4.78 is 16.8. The Balaban J connectivity index is 1.61. The van der Waals surface area contributed by atoms with Crippen molar-refractivity contribution in [2.24, 2.45) is 0 Å². The van der Waals surface area contributed by atoms with E-state index in [9.17, 15) is 4.79 Å². The molecular weight excluding hydrogens is 366 g/mol. The Kier molecular flexibility index (Phi) is 6.60. The van der Waals surface area contributed by atoms with Crippen molar-refractivity contribution in [3.8, 4) is 5.75 Å². The van der Waals surface area contributed by atoms with Crippen molar-refractivity contribution < 1.29 is 19.0 Å². The maximum atomic E-state index is 12.4. The molecule has 5 nitrogen and oxygen atoms in total. The van der Waals surface area contributed by atoms with Crippen LogP contribution in [-0.4, -0.2) is 26.3 Å². The van der Waals surface area contributed by atoms with Crippen LogP contribution in [-0.2, 0) is 19.9 Å². The molecule has 0 fully saturated rings. The Morgan fingerprint density at radius 2 is 2.00 bits per heavy atom. The lowest BCUT2D eigenvalue weighted by atomic mass is 9.84. The molecule has 0 saturated heterocycles. The summed E-state index contributed by atoms with van der Waals surface area (Å²) >= 11 is 0. The van der Waals surface area contributed by atoms with Gasteiger partial charge in [-0.05, 0) is 49.4 Å². The number of nitrogens with one attached hydrogen (secondary N) is 1. The number of hydrogen-bond acceptors (Lipinski definition) is 5. The number of rotatable bonds is 7. The lowest BCUT2D eigenvalue weighted by molar-refractivity contribution is -0.143. The van der Waals surface area contributed by atoms with Gasteiger partial charge in [-0.1, -0.05) is 30.4 Å². The number of methoxy groups -OCH3 is 2. The molecule has 0 saturated carbocycles. The lowest BCUT2D eigenvalue weighted by Gasteiger charge is -2.32. The third kappa shape index (κ3) is 4.80. The first-order chi connectivity index (χ1) is 14.0. The molecule has 0 spiro atoms. The van der Waals surface area contributed by atoms with Crippen LogP contribution >= 0.6 is 0 Å². The molecule has 0 aromatic heterocycles. The molecule has 5 heteroatoms. The van der Waals surface area contributed by atoms with Gasteiger partial charge in [-0.3, -0.25) is 0 Å². The fraction of sp³-hybridized carbons (Fsp3) is 0.375. The van der Waals surface area contributed by atoms with Crippen molar-refractivity contribution in [3.63, 3.8) is 0 Å². The van der Waals surface area contributed by atoms with E-state index < -0.39 is 5.60 Å². The summed E-state index contributed by atoms with van der Waals surface area (Å²) in [5.74, 6) is 0.567. The van der Waals surface area contributed by atoms with Crippen LogP contribution in [0.25, 0.3) is 0 Å². The number of carbonyl (C=O) groups is 1. The van der Waals surface area contributed by atoms with E-state index >= 15 is 0 Å². The molecular formula is C24H29NO4. The van der Waals surface area contributed by atoms with Crippen LogP contribution in [0.2, 0.25) is 0 Å². The molecule has 2 unspecified atom stereocenters. The molecule has 1 aromatic rings. The highest BCUT2D eigenvalue weighted by molar-refractivity contribution is 5.90. The van der Waals surface area contributed by atoms with Gasteiger partial charge in [0.05, 0.1) is 12.7 Å². The molecule has 1 aliphatic heterocycles. The number of esters is 1. The highest BCUT2D eigenvalue weighted by Crippen LogP contribution is 2.36. The topological polar surface area (TPSA) is 56.8 Å². The largest absolute Gasteiger partial charge is 0.497 e. The van der Waals surface area contributed by atoms with Crippen molar-refractivity contribution >= 4 is 5.97 Å². The predicted molar refractivity (Wildman–Crippen MR) is 113 cm³/mol. The van der Waals surface area contributed by atoms with Crippen LogP contribution in [0.15, 0.2) is 71.6 Å². The molecule has 0 radical (unpaired) electrons. The molecule has 0 bridgehead atoms. The molecule has 1 heterocycles. The molecule has 29 heavy (non-hydrogen) atoms. The third-order valence-electron chi connectivity index (χ3n) is 5.45. The average molecular weight is 395 g/mol. The van der Waals surface area contributed by atoms with E-state index in [-0.39, 0.29) is 12.1 Å². The first kappa shape index (κ1) is 20.9. The van der Waals surface area contributed by atoms with Gasteiger partial charge in [-0.25, -0.2) is 4.79 Å². The molecule has 154 valence electrons. The highest BCUT2D eigenvalue weighted by atomic mass is 16.5. The summed E-state index contributed by atoms with van der Waals surface area (Å²) in [6, 6.07) is 7.94. The zero-order chi connectivity index (χ0) is 20.9. The minimum Gasteiger partial charge on any atom is -0.497 e. The molecule has 1 aromatic carbocycles. The Morgan fingerprint density at radius 3 is 2.59 bits per heavy atom. The number of dihydropyridines is 1. The van der Waals surface area contributed by atoms with Crippen molar-refractivity contribution in [1.82, 2.24) is 5.32 Å². The van der Waals surface area contributed by atoms with E-state index in [0.29, 0.717) is 18.4 Å². The van der Waals surface area contributed by atoms with Crippen molar-refractivity contribution in [3.05, 3.63) is 77.2 Å². The average Bonchev–Trinajstić information content (AvgIpc) is 2.74. The van der Waals surface area contributed by atoms with Gasteiger partial charge in [0.15, 0.2) is 0 Å². The third-order valence-corrected chi connectivity index (χ3v) is 5.45. The van der Waals surface area contributed by atoms with Crippen LogP contribution in [0.3, 0.4) is 0 Å². The van der Waals surface area contributed by atoms with Gasteiger partial charge in [0, 0.05) is 32.1 Å². The predicted octanol–water partition coefficient (Wildman–Crippen LogP) is 4.53. The molecule has 1 N–H and O–H groups in total. The molecule has 2 atom stereocenters. The van der Waals surface area contributed by atoms with E-state index in [1.54, 1.807) is 14.2 Å². The van der Waals surface area contributed by atoms with Gasteiger partial charge in [-0.15, -0.1) is 0 Å². The van der Waals surface area contributed by atoms with Crippen LogP contribution in [0.4, 0.5) is 0 Å². The van der Waals surface area contributed by atoms with Gasteiger partial charge < -0.3 is 19.5 Å². The van der Waals surface area contributed by atoms with Gasteiger partial charge in [0.1, 0.15) is 17.5 Å². The molecule has 2 aliphatic rings.